The molecule has 4 bridgehead atoms. The Balaban J connectivity index is 1.82. The lowest BCUT2D eigenvalue weighted by molar-refractivity contribution is 0.0935. The molecule has 3 heterocycles. The Morgan fingerprint density at radius 1 is 1.12 bits per heavy atom. The molecule has 1 aromatic carbocycles. The van der Waals surface area contributed by atoms with Crippen molar-refractivity contribution in [2.24, 2.45) is 0 Å². The molecule has 2 N–H and O–H groups in total. The second-order valence-corrected chi connectivity index (χ2v) is 6.30. The highest BCUT2D eigenvalue weighted by atomic mass is 16.5. The molecule has 0 unspecified atom stereocenters. The van der Waals surface area contributed by atoms with Crippen LogP contribution in [-0.2, 0) is 4.74 Å². The van der Waals surface area contributed by atoms with Crippen LogP contribution in [0.3, 0.4) is 0 Å². The molecule has 0 spiro atoms. The number of hydrogen-bond donors (Lipinski definition) is 2. The summed E-state index contributed by atoms with van der Waals surface area (Å²) in [6.07, 6.45) is 0.916. The minimum absolute atomic E-state index is 0.307. The maximum atomic E-state index is 5.66. The van der Waals surface area contributed by atoms with Crippen LogP contribution in [0.25, 0.3) is 22.3 Å². The zero-order valence-electron chi connectivity index (χ0n) is 14.4. The van der Waals surface area contributed by atoms with Crippen LogP contribution in [0.1, 0.15) is 19.0 Å². The average molecular weight is 339 g/mol. The highest BCUT2D eigenvalue weighted by Crippen LogP contribution is 2.29. The van der Waals surface area contributed by atoms with Crippen LogP contribution in [0.4, 0.5) is 5.69 Å². The quantitative estimate of drug-likeness (QED) is 0.655. The maximum absolute atomic E-state index is 5.66. The minimum atomic E-state index is 0.307. The van der Waals surface area contributed by atoms with Gasteiger partial charge in [0, 0.05) is 29.4 Å². The van der Waals surface area contributed by atoms with Crippen molar-refractivity contribution in [2.75, 3.05) is 25.1 Å². The Labute approximate surface area is 145 Å². The summed E-state index contributed by atoms with van der Waals surface area (Å²) >= 11 is 0. The van der Waals surface area contributed by atoms with Gasteiger partial charge in [-0.25, -0.2) is 4.98 Å². The van der Waals surface area contributed by atoms with Gasteiger partial charge in [-0.15, -0.1) is 0 Å². The largest absolute Gasteiger partial charge is 0.461 e. The van der Waals surface area contributed by atoms with Crippen LogP contribution >= 0.6 is 0 Å². The van der Waals surface area contributed by atoms with Gasteiger partial charge in [-0.2, -0.15) is 10.1 Å². The van der Waals surface area contributed by atoms with Crippen LogP contribution in [0, 0.1) is 6.92 Å². The monoisotopic (exact) mass is 339 g/mol. The first-order valence-electron chi connectivity index (χ1n) is 8.50. The van der Waals surface area contributed by atoms with Gasteiger partial charge in [0.25, 0.3) is 0 Å². The van der Waals surface area contributed by atoms with E-state index in [-0.39, 0.29) is 0 Å². The number of H-pyrrole nitrogens is 1. The van der Waals surface area contributed by atoms with Gasteiger partial charge in [-0.3, -0.25) is 5.10 Å². The molecular weight excluding hydrogens is 318 g/mol. The van der Waals surface area contributed by atoms with Gasteiger partial charge in [0.2, 0.25) is 0 Å². The summed E-state index contributed by atoms with van der Waals surface area (Å²) < 4.78 is 11.3. The van der Waals surface area contributed by atoms with Crippen LogP contribution in [0.2, 0.25) is 0 Å². The van der Waals surface area contributed by atoms with E-state index in [1.165, 1.54) is 0 Å². The van der Waals surface area contributed by atoms with E-state index in [1.807, 2.05) is 19.1 Å². The summed E-state index contributed by atoms with van der Waals surface area (Å²) in [5, 5.41) is 12.1. The lowest BCUT2D eigenvalue weighted by Crippen LogP contribution is -2.18. The van der Waals surface area contributed by atoms with Crippen molar-refractivity contribution >= 4 is 16.6 Å². The second kappa shape index (κ2) is 6.68. The predicted molar refractivity (Wildman–Crippen MR) is 95.9 cm³/mol. The van der Waals surface area contributed by atoms with Gasteiger partial charge in [0.1, 0.15) is 12.3 Å². The molecule has 1 aliphatic rings. The molecule has 3 aromatic rings. The number of anilines is 1. The third-order valence-corrected chi connectivity index (χ3v) is 4.21. The summed E-state index contributed by atoms with van der Waals surface area (Å²) in [7, 11) is 0. The molecule has 7 heteroatoms. The number of aryl methyl sites for hydroxylation is 1. The molecule has 0 saturated heterocycles. The fraction of sp³-hybridized carbons (Fsp3) is 0.389. The van der Waals surface area contributed by atoms with Crippen LogP contribution in [0.5, 0.6) is 6.01 Å². The molecule has 0 amide bonds. The summed E-state index contributed by atoms with van der Waals surface area (Å²) in [4.78, 5) is 8.86. The first-order chi connectivity index (χ1) is 12.2. The molecule has 0 fully saturated rings. The predicted octanol–water partition coefficient (Wildman–Crippen LogP) is 2.93. The van der Waals surface area contributed by atoms with Crippen molar-refractivity contribution in [3.63, 3.8) is 0 Å². The molecule has 0 radical (unpaired) electrons. The number of benzene rings is 1. The van der Waals surface area contributed by atoms with E-state index in [4.69, 9.17) is 9.47 Å². The van der Waals surface area contributed by atoms with Crippen LogP contribution < -0.4 is 10.1 Å². The number of hydrogen-bond acceptors (Lipinski definition) is 6. The number of nitrogens with one attached hydrogen (secondary N) is 2. The first-order valence-corrected chi connectivity index (χ1v) is 8.50. The van der Waals surface area contributed by atoms with E-state index in [2.05, 4.69) is 44.5 Å². The number of ether oxygens (including phenoxy) is 2. The minimum Gasteiger partial charge on any atom is -0.461 e. The number of aromatic nitrogens is 4. The van der Waals surface area contributed by atoms with E-state index in [1.54, 1.807) is 0 Å². The maximum Gasteiger partial charge on any atom is 0.317 e. The fourth-order valence-corrected chi connectivity index (χ4v) is 2.94. The number of fused-ring (bicyclic) bond motifs is 4. The Bertz CT molecular complexity index is 892. The standard InChI is InChI=1S/C18H21N5O2/c1-11-5-6-24-7-8-25-18-20-12(2)9-16(21-18)17-14-10-13(19-11)3-4-15(14)22-23-17/h3-4,9-11,19H,5-8H2,1-2H3,(H,22,23)/t11-/m0/s1. The van der Waals surface area contributed by atoms with Gasteiger partial charge in [0.15, 0.2) is 0 Å². The van der Waals surface area contributed by atoms with E-state index < -0.39 is 0 Å². The Hall–Kier alpha value is -2.67. The SMILES string of the molecule is Cc1cc2nc(n1)OCCOCC[C@H](C)Nc1ccc3[nH]nc-2c3c1. The zero-order chi connectivity index (χ0) is 17.2. The highest BCUT2D eigenvalue weighted by molar-refractivity contribution is 5.94. The van der Waals surface area contributed by atoms with Crippen molar-refractivity contribution in [1.29, 1.82) is 0 Å². The molecule has 4 rings (SSSR count). The smallest absolute Gasteiger partial charge is 0.317 e. The Morgan fingerprint density at radius 2 is 2.04 bits per heavy atom. The Kier molecular flexibility index (Phi) is 4.23. The zero-order valence-corrected chi connectivity index (χ0v) is 14.4. The lowest BCUT2D eigenvalue weighted by Gasteiger charge is -2.15. The molecular formula is C18H21N5O2. The topological polar surface area (TPSA) is 85.0 Å². The van der Waals surface area contributed by atoms with E-state index >= 15 is 0 Å². The highest BCUT2D eigenvalue weighted by Gasteiger charge is 2.14. The van der Waals surface area contributed by atoms with E-state index in [0.717, 1.165) is 40.1 Å². The summed E-state index contributed by atoms with van der Waals surface area (Å²) in [6.45, 7) is 5.69. The van der Waals surface area contributed by atoms with Gasteiger partial charge in [-0.1, -0.05) is 0 Å². The first kappa shape index (κ1) is 15.8. The van der Waals surface area contributed by atoms with Crippen LogP contribution in [-0.4, -0.2) is 46.0 Å². The molecule has 0 aliphatic carbocycles. The average Bonchev–Trinajstić information content (AvgIpc) is 3.00. The van der Waals surface area contributed by atoms with Crippen molar-refractivity contribution < 1.29 is 9.47 Å². The molecule has 1 aliphatic heterocycles. The fourth-order valence-electron chi connectivity index (χ4n) is 2.94. The summed E-state index contributed by atoms with van der Waals surface area (Å²) in [6, 6.07) is 8.76. The third kappa shape index (κ3) is 3.41. The van der Waals surface area contributed by atoms with Crippen molar-refractivity contribution in [3.8, 4) is 17.4 Å². The van der Waals surface area contributed by atoms with Gasteiger partial charge in [0.05, 0.1) is 17.8 Å². The van der Waals surface area contributed by atoms with E-state index in [9.17, 15) is 0 Å². The second-order valence-electron chi connectivity index (χ2n) is 6.30. The van der Waals surface area contributed by atoms with Gasteiger partial charge < -0.3 is 14.8 Å². The number of aromatic amines is 1. The number of rotatable bonds is 0. The van der Waals surface area contributed by atoms with Crippen molar-refractivity contribution in [3.05, 3.63) is 30.0 Å². The van der Waals surface area contributed by atoms with Crippen molar-refractivity contribution in [2.45, 2.75) is 26.3 Å². The molecule has 7 nitrogen and oxygen atoms in total. The molecule has 1 atom stereocenters. The molecule has 0 saturated carbocycles. The van der Waals surface area contributed by atoms with Gasteiger partial charge >= 0.3 is 6.01 Å². The normalized spacial score (nSPS) is 18.2. The molecule has 130 valence electrons. The molecule has 25 heavy (non-hydrogen) atoms. The Morgan fingerprint density at radius 3 is 2.96 bits per heavy atom. The lowest BCUT2D eigenvalue weighted by atomic mass is 10.1. The third-order valence-electron chi connectivity index (χ3n) is 4.21. The molecule has 2 aromatic heterocycles. The number of nitrogens with zero attached hydrogens (tertiary/aromatic N) is 3. The van der Waals surface area contributed by atoms with Crippen molar-refractivity contribution in [1.82, 2.24) is 20.2 Å². The summed E-state index contributed by atoms with van der Waals surface area (Å²) in [5.41, 5.74) is 4.41. The van der Waals surface area contributed by atoms with Crippen LogP contribution in [0.15, 0.2) is 24.3 Å². The van der Waals surface area contributed by atoms with Gasteiger partial charge in [-0.05, 0) is 44.5 Å². The summed E-state index contributed by atoms with van der Waals surface area (Å²) in [5.74, 6) is 0. The van der Waals surface area contributed by atoms with E-state index in [0.29, 0.717) is 31.9 Å².